The van der Waals surface area contributed by atoms with Crippen LogP contribution in [0.15, 0.2) is 0 Å². The summed E-state index contributed by atoms with van der Waals surface area (Å²) in [5, 5.41) is 16.8. The molecule has 3 heteroatoms. The molecule has 0 fully saturated rings. The average molecular weight is 176 g/mol. The number of aliphatic hydroxyl groups is 2. The Morgan fingerprint density at radius 2 is 1.92 bits per heavy atom. The van der Waals surface area contributed by atoms with Crippen molar-refractivity contribution in [2.24, 2.45) is 0 Å². The molecule has 0 aliphatic heterocycles. The van der Waals surface area contributed by atoms with Gasteiger partial charge in [0.1, 0.15) is 6.29 Å². The van der Waals surface area contributed by atoms with E-state index in [-0.39, 0.29) is 6.61 Å². The number of aliphatic hydroxyl groups excluding tert-OH is 2. The van der Waals surface area contributed by atoms with Crippen molar-refractivity contribution < 1.29 is 15.0 Å². The van der Waals surface area contributed by atoms with Crippen LogP contribution >= 0.6 is 0 Å². The molecule has 0 aliphatic rings. The molecule has 0 aliphatic carbocycles. The molecule has 1 unspecified atom stereocenters. The van der Waals surface area contributed by atoms with Crippen molar-refractivity contribution in [2.45, 2.75) is 45.6 Å². The Balaban J connectivity index is 0. The molecule has 0 bridgehead atoms. The fraction of sp³-hybridized carbons (Fsp3) is 0.889. The summed E-state index contributed by atoms with van der Waals surface area (Å²) in [4.78, 5) is 9.40. The van der Waals surface area contributed by atoms with Gasteiger partial charge in [0.15, 0.2) is 0 Å². The largest absolute Gasteiger partial charge is 0.394 e. The Hall–Kier alpha value is -0.410. The number of rotatable bonds is 5. The van der Waals surface area contributed by atoms with E-state index in [1.165, 1.54) is 0 Å². The lowest BCUT2D eigenvalue weighted by atomic mass is 10.2. The van der Waals surface area contributed by atoms with Crippen LogP contribution in [0.4, 0.5) is 0 Å². The molecule has 0 radical (unpaired) electrons. The molecule has 12 heavy (non-hydrogen) atoms. The number of carbonyl (C=O) groups excluding carboxylic acids is 1. The van der Waals surface area contributed by atoms with Crippen molar-refractivity contribution in [3.8, 4) is 0 Å². The second kappa shape index (κ2) is 13.2. The molecule has 0 amide bonds. The zero-order valence-electron chi connectivity index (χ0n) is 7.99. The van der Waals surface area contributed by atoms with Crippen LogP contribution in [0.25, 0.3) is 0 Å². The smallest absolute Gasteiger partial charge is 0.119 e. The predicted octanol–water partition coefficient (Wildman–Crippen LogP) is 1.13. The molecule has 0 aromatic heterocycles. The first-order chi connectivity index (χ1) is 5.72. The van der Waals surface area contributed by atoms with Crippen LogP contribution in [-0.4, -0.2) is 29.2 Å². The Morgan fingerprint density at radius 1 is 1.33 bits per heavy atom. The molecule has 0 heterocycles. The van der Waals surface area contributed by atoms with Crippen molar-refractivity contribution in [3.05, 3.63) is 0 Å². The zero-order chi connectivity index (χ0) is 9.82. The van der Waals surface area contributed by atoms with Gasteiger partial charge in [0.2, 0.25) is 0 Å². The minimum Gasteiger partial charge on any atom is -0.394 e. The maximum atomic E-state index is 9.40. The van der Waals surface area contributed by atoms with Crippen LogP contribution in [0.5, 0.6) is 0 Å². The fourth-order valence-electron chi connectivity index (χ4n) is 0.542. The molecule has 0 aromatic carbocycles. The normalized spacial score (nSPS) is 11.3. The molecule has 0 saturated heterocycles. The van der Waals surface area contributed by atoms with Gasteiger partial charge >= 0.3 is 0 Å². The van der Waals surface area contributed by atoms with E-state index in [0.29, 0.717) is 12.8 Å². The lowest BCUT2D eigenvalue weighted by Crippen LogP contribution is -2.10. The molecule has 0 saturated carbocycles. The van der Waals surface area contributed by atoms with E-state index in [2.05, 4.69) is 0 Å². The number of hydrogen-bond acceptors (Lipinski definition) is 3. The summed E-state index contributed by atoms with van der Waals surface area (Å²) in [6.07, 6.45) is 3.76. The third-order valence-corrected chi connectivity index (χ3v) is 1.24. The van der Waals surface area contributed by atoms with E-state index in [1.54, 1.807) is 0 Å². The monoisotopic (exact) mass is 176 g/mol. The summed E-state index contributed by atoms with van der Waals surface area (Å²) in [5.41, 5.74) is 0. The molecule has 0 aromatic rings. The molecule has 0 rings (SSSR count). The number of aldehydes is 1. The average Bonchev–Trinajstić information content (AvgIpc) is 2.07. The standard InChI is InChI=1S/C5H12O2.C4H8O/c1-2-3-5(7)4-6;1-2-3-4-5/h5-7H,2-4H2,1H3;4H,2-3H2,1H3. The molecular formula is C9H20O3. The Kier molecular flexibility index (Phi) is 15.5. The first kappa shape index (κ1) is 14.1. The first-order valence-corrected chi connectivity index (χ1v) is 4.45. The van der Waals surface area contributed by atoms with E-state index in [0.717, 1.165) is 19.1 Å². The second-order valence-electron chi connectivity index (χ2n) is 2.58. The maximum Gasteiger partial charge on any atom is 0.119 e. The van der Waals surface area contributed by atoms with Crippen molar-refractivity contribution in [3.63, 3.8) is 0 Å². The van der Waals surface area contributed by atoms with Crippen molar-refractivity contribution in [1.29, 1.82) is 0 Å². The minimum absolute atomic E-state index is 0.103. The van der Waals surface area contributed by atoms with E-state index in [9.17, 15) is 4.79 Å². The second-order valence-corrected chi connectivity index (χ2v) is 2.58. The van der Waals surface area contributed by atoms with Crippen molar-refractivity contribution in [1.82, 2.24) is 0 Å². The summed E-state index contributed by atoms with van der Waals surface area (Å²) < 4.78 is 0. The summed E-state index contributed by atoms with van der Waals surface area (Å²) >= 11 is 0. The first-order valence-electron chi connectivity index (χ1n) is 4.45. The SMILES string of the molecule is CCCC(O)CO.CCCC=O. The van der Waals surface area contributed by atoms with Crippen molar-refractivity contribution >= 4 is 6.29 Å². The highest BCUT2D eigenvalue weighted by molar-refractivity contribution is 5.48. The number of carbonyl (C=O) groups is 1. The van der Waals surface area contributed by atoms with E-state index in [1.807, 2.05) is 13.8 Å². The molecule has 3 nitrogen and oxygen atoms in total. The third kappa shape index (κ3) is 16.3. The highest BCUT2D eigenvalue weighted by Gasteiger charge is 1.95. The predicted molar refractivity (Wildman–Crippen MR) is 49.0 cm³/mol. The molecular weight excluding hydrogens is 156 g/mol. The van der Waals surface area contributed by atoms with Crippen LogP contribution in [0.2, 0.25) is 0 Å². The maximum absolute atomic E-state index is 9.40. The van der Waals surface area contributed by atoms with Gasteiger partial charge in [0, 0.05) is 6.42 Å². The van der Waals surface area contributed by atoms with Gasteiger partial charge in [-0.25, -0.2) is 0 Å². The highest BCUT2D eigenvalue weighted by atomic mass is 16.3. The van der Waals surface area contributed by atoms with Gasteiger partial charge in [-0.1, -0.05) is 20.3 Å². The molecule has 2 N–H and O–H groups in total. The van der Waals surface area contributed by atoms with Crippen molar-refractivity contribution in [2.75, 3.05) is 6.61 Å². The zero-order valence-corrected chi connectivity index (χ0v) is 7.99. The van der Waals surface area contributed by atoms with E-state index in [4.69, 9.17) is 10.2 Å². The van der Waals surface area contributed by atoms with Gasteiger partial charge < -0.3 is 15.0 Å². The summed E-state index contributed by atoms with van der Waals surface area (Å²) in [5.74, 6) is 0. The van der Waals surface area contributed by atoms with Gasteiger partial charge in [-0.3, -0.25) is 0 Å². The van der Waals surface area contributed by atoms with Gasteiger partial charge in [-0.15, -0.1) is 0 Å². The topological polar surface area (TPSA) is 57.5 Å². The highest BCUT2D eigenvalue weighted by Crippen LogP contribution is 1.92. The van der Waals surface area contributed by atoms with Crippen LogP contribution in [0.3, 0.4) is 0 Å². The van der Waals surface area contributed by atoms with Gasteiger partial charge in [-0.2, -0.15) is 0 Å². The Morgan fingerprint density at radius 3 is 2.00 bits per heavy atom. The molecule has 74 valence electrons. The van der Waals surface area contributed by atoms with Crippen LogP contribution in [0.1, 0.15) is 39.5 Å². The Labute approximate surface area is 74.4 Å². The number of hydrogen-bond donors (Lipinski definition) is 2. The quantitative estimate of drug-likeness (QED) is 0.617. The Bertz CT molecular complexity index is 83.8. The van der Waals surface area contributed by atoms with Gasteiger partial charge in [0.05, 0.1) is 12.7 Å². The van der Waals surface area contributed by atoms with Crippen LogP contribution in [-0.2, 0) is 4.79 Å². The minimum atomic E-state index is -0.495. The fourth-order valence-corrected chi connectivity index (χ4v) is 0.542. The summed E-state index contributed by atoms with van der Waals surface area (Å²) in [6, 6.07) is 0. The summed E-state index contributed by atoms with van der Waals surface area (Å²) in [7, 11) is 0. The van der Waals surface area contributed by atoms with Crippen LogP contribution in [0, 0.1) is 0 Å². The lowest BCUT2D eigenvalue weighted by Gasteiger charge is -2.01. The lowest BCUT2D eigenvalue weighted by molar-refractivity contribution is -0.107. The van der Waals surface area contributed by atoms with E-state index >= 15 is 0 Å². The van der Waals surface area contributed by atoms with Gasteiger partial charge in [-0.05, 0) is 12.8 Å². The van der Waals surface area contributed by atoms with Gasteiger partial charge in [0.25, 0.3) is 0 Å². The molecule has 1 atom stereocenters. The molecule has 0 spiro atoms. The number of unbranched alkanes of at least 4 members (excludes halogenated alkanes) is 1. The van der Waals surface area contributed by atoms with Crippen LogP contribution < -0.4 is 0 Å². The third-order valence-electron chi connectivity index (χ3n) is 1.24. The van der Waals surface area contributed by atoms with E-state index < -0.39 is 6.10 Å². The summed E-state index contributed by atoms with van der Waals surface area (Å²) in [6.45, 7) is 3.85.